The van der Waals surface area contributed by atoms with Gasteiger partial charge in [0.15, 0.2) is 0 Å². The molecule has 1 aromatic rings. The molecule has 0 atom stereocenters. The van der Waals surface area contributed by atoms with Crippen LogP contribution in [0, 0.1) is 12.3 Å². The second kappa shape index (κ2) is 3.43. The van der Waals surface area contributed by atoms with Crippen molar-refractivity contribution in [3.63, 3.8) is 0 Å². The maximum absolute atomic E-state index is 5.16. The van der Waals surface area contributed by atoms with Crippen molar-refractivity contribution >= 4 is 15.9 Å². The summed E-state index contributed by atoms with van der Waals surface area (Å²) in [4.78, 5) is 0. The zero-order valence-corrected chi connectivity index (χ0v) is 7.06. The topological polar surface area (TPSA) is 0 Å². The van der Waals surface area contributed by atoms with Crippen molar-refractivity contribution in [2.75, 3.05) is 0 Å². The maximum atomic E-state index is 5.16. The molecule has 0 heterocycles. The third-order valence-corrected chi connectivity index (χ3v) is 2.02. The van der Waals surface area contributed by atoms with E-state index >= 15 is 0 Å². The van der Waals surface area contributed by atoms with E-state index in [1.54, 1.807) is 0 Å². The number of terminal acetylenes is 1. The van der Waals surface area contributed by atoms with Gasteiger partial charge in [0, 0.05) is 10.9 Å². The summed E-state index contributed by atoms with van der Waals surface area (Å²) in [6, 6.07) is 7.97. The number of hydrogen-bond acceptors (Lipinski definition) is 0. The molecule has 50 valence electrons. The third kappa shape index (κ3) is 1.62. The molecule has 10 heavy (non-hydrogen) atoms. The molecule has 0 bridgehead atoms. The number of halogens is 1. The highest BCUT2D eigenvalue weighted by Crippen LogP contribution is 2.15. The van der Waals surface area contributed by atoms with Gasteiger partial charge in [0.1, 0.15) is 0 Å². The third-order valence-electron chi connectivity index (χ3n) is 1.25. The summed E-state index contributed by atoms with van der Waals surface area (Å²) in [6.07, 6.45) is 5.85. The van der Waals surface area contributed by atoms with E-state index in [1.165, 1.54) is 5.56 Å². The van der Waals surface area contributed by atoms with Gasteiger partial charge >= 0.3 is 0 Å². The monoisotopic (exact) mass is 194 g/mol. The van der Waals surface area contributed by atoms with E-state index in [9.17, 15) is 0 Å². The van der Waals surface area contributed by atoms with Crippen LogP contribution in [0.5, 0.6) is 0 Å². The van der Waals surface area contributed by atoms with Crippen molar-refractivity contribution in [1.82, 2.24) is 0 Å². The van der Waals surface area contributed by atoms with Gasteiger partial charge < -0.3 is 0 Å². The van der Waals surface area contributed by atoms with Crippen molar-refractivity contribution in [1.29, 1.82) is 0 Å². The summed E-state index contributed by atoms with van der Waals surface area (Å²) in [5.41, 5.74) is 1.17. The van der Waals surface area contributed by atoms with Crippen LogP contribution in [0.1, 0.15) is 5.56 Å². The summed E-state index contributed by atoms with van der Waals surface area (Å²) in [6.45, 7) is 0. The molecule has 0 aliphatic heterocycles. The molecule has 0 fully saturated rings. The van der Waals surface area contributed by atoms with Crippen molar-refractivity contribution in [3.8, 4) is 12.3 Å². The molecule has 0 N–H and O–H groups in total. The van der Waals surface area contributed by atoms with E-state index in [1.807, 2.05) is 24.3 Å². The number of hydrogen-bond donors (Lipinski definition) is 0. The fraction of sp³-hybridized carbons (Fsp3) is 0.111. The summed E-state index contributed by atoms with van der Waals surface area (Å²) in [5, 5.41) is 0. The van der Waals surface area contributed by atoms with Crippen LogP contribution in [0.2, 0.25) is 0 Å². The standard InChI is InChI=1S/C9H7Br/c1-2-5-8-6-3-4-7-9(8)10/h1,3-4,6-7H,5H2. The average molecular weight is 195 g/mol. The quantitative estimate of drug-likeness (QED) is 0.604. The van der Waals surface area contributed by atoms with Crippen LogP contribution < -0.4 is 0 Å². The van der Waals surface area contributed by atoms with E-state index in [0.29, 0.717) is 6.42 Å². The van der Waals surface area contributed by atoms with E-state index < -0.39 is 0 Å². The Kier molecular flexibility index (Phi) is 2.53. The highest BCUT2D eigenvalue weighted by molar-refractivity contribution is 9.10. The fourth-order valence-electron chi connectivity index (χ4n) is 0.752. The van der Waals surface area contributed by atoms with Crippen molar-refractivity contribution in [2.24, 2.45) is 0 Å². The second-order valence-electron chi connectivity index (χ2n) is 1.97. The molecule has 0 aliphatic carbocycles. The highest BCUT2D eigenvalue weighted by Gasteiger charge is 1.93. The first-order valence-electron chi connectivity index (χ1n) is 3.01. The zero-order valence-electron chi connectivity index (χ0n) is 5.47. The number of benzene rings is 1. The van der Waals surface area contributed by atoms with Gasteiger partial charge in [-0.15, -0.1) is 12.3 Å². The fourth-order valence-corrected chi connectivity index (χ4v) is 1.18. The van der Waals surface area contributed by atoms with Crippen molar-refractivity contribution in [2.45, 2.75) is 6.42 Å². The first kappa shape index (κ1) is 7.37. The van der Waals surface area contributed by atoms with Crippen LogP contribution in [0.3, 0.4) is 0 Å². The predicted molar refractivity (Wildman–Crippen MR) is 46.7 cm³/mol. The minimum atomic E-state index is 0.696. The Labute approximate surface area is 69.4 Å². The molecule has 0 amide bonds. The molecule has 0 spiro atoms. The van der Waals surface area contributed by atoms with Crippen molar-refractivity contribution < 1.29 is 0 Å². The molecule has 0 saturated carbocycles. The van der Waals surface area contributed by atoms with Crippen LogP contribution in [-0.4, -0.2) is 0 Å². The zero-order chi connectivity index (χ0) is 7.40. The summed E-state index contributed by atoms with van der Waals surface area (Å²) in [7, 11) is 0. The van der Waals surface area contributed by atoms with Gasteiger partial charge in [-0.1, -0.05) is 34.1 Å². The van der Waals surface area contributed by atoms with Gasteiger partial charge in [0.25, 0.3) is 0 Å². The Bertz CT molecular complexity index is 258. The smallest absolute Gasteiger partial charge is 0.0348 e. The van der Waals surface area contributed by atoms with Crippen molar-refractivity contribution in [3.05, 3.63) is 34.3 Å². The molecular formula is C9H7Br. The lowest BCUT2D eigenvalue weighted by Crippen LogP contribution is -1.80. The van der Waals surface area contributed by atoms with Crippen LogP contribution in [0.25, 0.3) is 0 Å². The molecule has 0 aliphatic rings. The van der Waals surface area contributed by atoms with Gasteiger partial charge in [-0.3, -0.25) is 0 Å². The van der Waals surface area contributed by atoms with Gasteiger partial charge in [0.05, 0.1) is 0 Å². The maximum Gasteiger partial charge on any atom is 0.0348 e. The van der Waals surface area contributed by atoms with Crippen LogP contribution >= 0.6 is 15.9 Å². The van der Waals surface area contributed by atoms with Crippen LogP contribution in [0.4, 0.5) is 0 Å². The molecule has 1 rings (SSSR count). The van der Waals surface area contributed by atoms with E-state index in [2.05, 4.69) is 21.9 Å². The lowest BCUT2D eigenvalue weighted by Gasteiger charge is -1.96. The normalized spacial score (nSPS) is 8.80. The SMILES string of the molecule is C#CCc1ccccc1Br. The lowest BCUT2D eigenvalue weighted by atomic mass is 10.2. The minimum absolute atomic E-state index is 0.696. The summed E-state index contributed by atoms with van der Waals surface area (Å²) >= 11 is 3.40. The summed E-state index contributed by atoms with van der Waals surface area (Å²) < 4.78 is 1.09. The van der Waals surface area contributed by atoms with E-state index in [0.717, 1.165) is 4.47 Å². The predicted octanol–water partition coefficient (Wildman–Crippen LogP) is 2.62. The molecule has 0 radical (unpaired) electrons. The summed E-state index contributed by atoms with van der Waals surface area (Å²) in [5.74, 6) is 2.59. The lowest BCUT2D eigenvalue weighted by molar-refractivity contribution is 1.30. The van der Waals surface area contributed by atoms with Crippen LogP contribution in [0.15, 0.2) is 28.7 Å². The average Bonchev–Trinajstić information content (AvgIpc) is 1.94. The van der Waals surface area contributed by atoms with E-state index in [-0.39, 0.29) is 0 Å². The number of rotatable bonds is 1. The Morgan fingerprint density at radius 1 is 1.40 bits per heavy atom. The Hall–Kier alpha value is -0.740. The first-order chi connectivity index (χ1) is 4.84. The van der Waals surface area contributed by atoms with Gasteiger partial charge in [0.2, 0.25) is 0 Å². The largest absolute Gasteiger partial charge is 0.120 e. The van der Waals surface area contributed by atoms with Gasteiger partial charge in [-0.2, -0.15) is 0 Å². The Morgan fingerprint density at radius 3 is 2.70 bits per heavy atom. The Balaban J connectivity index is 2.94. The van der Waals surface area contributed by atoms with Crippen LogP contribution in [-0.2, 0) is 6.42 Å². The molecule has 1 aromatic carbocycles. The first-order valence-corrected chi connectivity index (χ1v) is 3.81. The second-order valence-corrected chi connectivity index (χ2v) is 2.83. The van der Waals surface area contributed by atoms with Gasteiger partial charge in [-0.05, 0) is 11.6 Å². The molecule has 0 unspecified atom stereocenters. The molecule has 0 saturated heterocycles. The van der Waals surface area contributed by atoms with E-state index in [4.69, 9.17) is 6.42 Å². The van der Waals surface area contributed by atoms with Gasteiger partial charge in [-0.25, -0.2) is 0 Å². The molecule has 0 nitrogen and oxygen atoms in total. The molecular weight excluding hydrogens is 188 g/mol. The minimum Gasteiger partial charge on any atom is -0.120 e. The Morgan fingerprint density at radius 2 is 2.10 bits per heavy atom. The highest BCUT2D eigenvalue weighted by atomic mass is 79.9. The molecule has 0 aromatic heterocycles. The molecule has 1 heteroatoms.